The van der Waals surface area contributed by atoms with Gasteiger partial charge in [0.1, 0.15) is 17.3 Å². The number of pyridine rings is 1. The zero-order valence-electron chi connectivity index (χ0n) is 18.7. The van der Waals surface area contributed by atoms with Gasteiger partial charge in [-0.25, -0.2) is 23.1 Å². The topological polar surface area (TPSA) is 55.1 Å². The lowest BCUT2D eigenvalue weighted by atomic mass is 10.0. The van der Waals surface area contributed by atoms with E-state index in [0.29, 0.717) is 35.0 Å². The first-order valence-electron chi connectivity index (χ1n) is 10.3. The van der Waals surface area contributed by atoms with E-state index in [2.05, 4.69) is 32.1 Å². The van der Waals surface area contributed by atoms with Crippen LogP contribution in [0.25, 0.3) is 10.9 Å². The zero-order valence-corrected chi connectivity index (χ0v) is 18.7. The van der Waals surface area contributed by atoms with Crippen molar-refractivity contribution in [2.45, 2.75) is 46.2 Å². The molecular weight excluding hydrogens is 415 g/mol. The number of nitrogens with one attached hydrogen (secondary N) is 1. The highest BCUT2D eigenvalue weighted by molar-refractivity contribution is 5.78. The van der Waals surface area contributed by atoms with Crippen LogP contribution >= 0.6 is 0 Å². The van der Waals surface area contributed by atoms with E-state index in [-0.39, 0.29) is 5.56 Å². The molecule has 0 aliphatic rings. The van der Waals surface area contributed by atoms with E-state index in [4.69, 9.17) is 0 Å². The van der Waals surface area contributed by atoms with Gasteiger partial charge in [-0.15, -0.1) is 0 Å². The van der Waals surface area contributed by atoms with Gasteiger partial charge in [-0.05, 0) is 39.7 Å². The Kier molecular flexibility index (Phi) is 7.31. The van der Waals surface area contributed by atoms with Crippen molar-refractivity contribution in [2.24, 2.45) is 12.0 Å². The molecule has 0 spiro atoms. The minimum atomic E-state index is -2.89. The lowest BCUT2D eigenvalue weighted by Gasteiger charge is -2.13. The lowest BCUT2D eigenvalue weighted by Crippen LogP contribution is -2.22. The van der Waals surface area contributed by atoms with E-state index in [1.54, 1.807) is 19.2 Å². The van der Waals surface area contributed by atoms with Gasteiger partial charge in [-0.3, -0.25) is 4.99 Å². The van der Waals surface area contributed by atoms with Crippen molar-refractivity contribution < 1.29 is 13.2 Å². The van der Waals surface area contributed by atoms with Crippen LogP contribution in [-0.4, -0.2) is 27.1 Å². The van der Waals surface area contributed by atoms with Gasteiger partial charge >= 0.3 is 0 Å². The zero-order chi connectivity index (χ0) is 23.4. The van der Waals surface area contributed by atoms with Crippen LogP contribution in [0, 0.1) is 24.6 Å². The maximum Gasteiger partial charge on any atom is 0.266 e. The van der Waals surface area contributed by atoms with Gasteiger partial charge in [-0.2, -0.15) is 0 Å². The van der Waals surface area contributed by atoms with E-state index in [9.17, 15) is 13.2 Å². The Morgan fingerprint density at radius 1 is 1.19 bits per heavy atom. The van der Waals surface area contributed by atoms with Crippen LogP contribution in [0.1, 0.15) is 55.9 Å². The number of rotatable bonds is 5. The van der Waals surface area contributed by atoms with E-state index in [1.165, 1.54) is 12.1 Å². The van der Waals surface area contributed by atoms with Gasteiger partial charge in [0.25, 0.3) is 6.43 Å². The molecule has 1 N–H and O–H groups in total. The Balaban J connectivity index is 2.11. The second-order valence-electron chi connectivity index (χ2n) is 7.82. The number of hydrogen-bond donors (Lipinski definition) is 1. The maximum absolute atomic E-state index is 14.6. The van der Waals surface area contributed by atoms with Crippen molar-refractivity contribution in [3.8, 4) is 11.8 Å². The SMILES string of the molecule is Cc1nc(=N[C@H](C)c2cccc(C(F)F)c2F)c2cc(C#CCNC(C)C)ncc2n1C. The van der Waals surface area contributed by atoms with Crippen LogP contribution in [0.3, 0.4) is 0 Å². The molecule has 0 saturated heterocycles. The Bertz CT molecular complexity index is 1250. The molecule has 0 bridgehead atoms. The third-order valence-corrected chi connectivity index (χ3v) is 5.11. The molecule has 0 unspecified atom stereocenters. The number of benzene rings is 1. The fourth-order valence-corrected chi connectivity index (χ4v) is 3.23. The maximum atomic E-state index is 14.6. The van der Waals surface area contributed by atoms with Gasteiger partial charge in [0.2, 0.25) is 0 Å². The highest BCUT2D eigenvalue weighted by Gasteiger charge is 2.19. The molecule has 5 nitrogen and oxygen atoms in total. The smallest absolute Gasteiger partial charge is 0.266 e. The van der Waals surface area contributed by atoms with Crippen molar-refractivity contribution in [3.63, 3.8) is 0 Å². The predicted molar refractivity (Wildman–Crippen MR) is 119 cm³/mol. The Morgan fingerprint density at radius 2 is 1.91 bits per heavy atom. The first-order chi connectivity index (χ1) is 15.2. The number of halogens is 3. The molecule has 2 heterocycles. The Labute approximate surface area is 185 Å². The molecule has 0 aliphatic heterocycles. The molecule has 3 aromatic rings. The average Bonchev–Trinajstić information content (AvgIpc) is 2.74. The molecule has 2 aromatic heterocycles. The molecule has 0 amide bonds. The van der Waals surface area contributed by atoms with E-state index >= 15 is 0 Å². The third kappa shape index (κ3) is 5.17. The molecule has 1 aromatic carbocycles. The van der Waals surface area contributed by atoms with Gasteiger partial charge < -0.3 is 9.88 Å². The van der Waals surface area contributed by atoms with Crippen LogP contribution in [0.2, 0.25) is 0 Å². The summed E-state index contributed by atoms with van der Waals surface area (Å²) in [6.45, 7) is 8.10. The molecule has 0 radical (unpaired) electrons. The number of hydrogen-bond acceptors (Lipinski definition) is 4. The summed E-state index contributed by atoms with van der Waals surface area (Å²) in [5, 5.41) is 3.92. The largest absolute Gasteiger partial charge is 0.331 e. The summed E-state index contributed by atoms with van der Waals surface area (Å²) >= 11 is 0. The molecule has 0 aliphatic carbocycles. The summed E-state index contributed by atoms with van der Waals surface area (Å²) in [4.78, 5) is 13.5. The molecular formula is C24H26F3N5. The molecule has 0 saturated carbocycles. The number of nitrogens with zero attached hydrogens (tertiary/aromatic N) is 4. The monoisotopic (exact) mass is 441 g/mol. The van der Waals surface area contributed by atoms with Crippen molar-refractivity contribution in [3.05, 3.63) is 64.4 Å². The summed E-state index contributed by atoms with van der Waals surface area (Å²) < 4.78 is 42.7. The lowest BCUT2D eigenvalue weighted by molar-refractivity contribution is 0.146. The number of fused-ring (bicyclic) bond motifs is 1. The second-order valence-corrected chi connectivity index (χ2v) is 7.82. The minimum Gasteiger partial charge on any atom is -0.331 e. The van der Waals surface area contributed by atoms with Crippen molar-refractivity contribution >= 4 is 10.9 Å². The Morgan fingerprint density at radius 3 is 2.59 bits per heavy atom. The highest BCUT2D eigenvalue weighted by atomic mass is 19.3. The summed E-state index contributed by atoms with van der Waals surface area (Å²) in [5.74, 6) is 5.80. The molecule has 8 heteroatoms. The van der Waals surface area contributed by atoms with Gasteiger partial charge in [0, 0.05) is 24.0 Å². The summed E-state index contributed by atoms with van der Waals surface area (Å²) in [5.41, 5.74) is 1.20. The molecule has 32 heavy (non-hydrogen) atoms. The van der Waals surface area contributed by atoms with E-state index < -0.39 is 23.8 Å². The van der Waals surface area contributed by atoms with Crippen molar-refractivity contribution in [1.82, 2.24) is 19.9 Å². The number of aromatic nitrogens is 3. The van der Waals surface area contributed by atoms with E-state index in [1.807, 2.05) is 32.4 Å². The fraction of sp³-hybridized carbons (Fsp3) is 0.375. The summed E-state index contributed by atoms with van der Waals surface area (Å²) in [6.07, 6.45) is -1.19. The number of alkyl halides is 2. The molecule has 168 valence electrons. The van der Waals surface area contributed by atoms with Crippen LogP contribution in [0.15, 0.2) is 35.5 Å². The van der Waals surface area contributed by atoms with Crippen LogP contribution < -0.4 is 10.8 Å². The first kappa shape index (κ1) is 23.5. The number of aryl methyl sites for hydroxylation is 2. The predicted octanol–water partition coefficient (Wildman–Crippen LogP) is 4.36. The molecule has 0 fully saturated rings. The fourth-order valence-electron chi connectivity index (χ4n) is 3.23. The third-order valence-electron chi connectivity index (χ3n) is 5.11. The van der Waals surface area contributed by atoms with Crippen LogP contribution in [0.4, 0.5) is 13.2 Å². The molecule has 3 rings (SSSR count). The van der Waals surface area contributed by atoms with Gasteiger partial charge in [0.15, 0.2) is 5.49 Å². The van der Waals surface area contributed by atoms with Crippen LogP contribution in [-0.2, 0) is 7.05 Å². The quantitative estimate of drug-likeness (QED) is 0.599. The van der Waals surface area contributed by atoms with Crippen LogP contribution in [0.5, 0.6) is 0 Å². The second kappa shape index (κ2) is 9.96. The highest BCUT2D eigenvalue weighted by Crippen LogP contribution is 2.28. The van der Waals surface area contributed by atoms with Crippen molar-refractivity contribution in [2.75, 3.05) is 6.54 Å². The minimum absolute atomic E-state index is 0.0949. The van der Waals surface area contributed by atoms with Crippen molar-refractivity contribution in [1.29, 1.82) is 0 Å². The van der Waals surface area contributed by atoms with Gasteiger partial charge in [-0.1, -0.05) is 24.1 Å². The van der Waals surface area contributed by atoms with Gasteiger partial charge in [0.05, 0.1) is 29.9 Å². The first-order valence-corrected chi connectivity index (χ1v) is 10.3. The summed E-state index contributed by atoms with van der Waals surface area (Å²) in [7, 11) is 1.86. The Hall–Kier alpha value is -3.18. The standard InChI is InChI=1S/C24H26F3N5/c1-14(2)28-11-7-8-17-12-20-21(13-29-17)32(5)16(4)31-24(20)30-15(3)18-9-6-10-19(22(18)25)23(26)27/h6,9-10,12-15,23,28H,11H2,1-5H3/t15-/m1/s1. The average molecular weight is 442 g/mol. The van der Waals surface area contributed by atoms with E-state index in [0.717, 1.165) is 11.6 Å². The summed E-state index contributed by atoms with van der Waals surface area (Å²) in [6, 6.07) is 5.37. The molecule has 1 atom stereocenters. The normalized spacial score (nSPS) is 13.0.